The second-order valence-corrected chi connectivity index (χ2v) is 6.79. The van der Waals surface area contributed by atoms with E-state index in [1.165, 1.54) is 5.56 Å². The largest absolute Gasteiger partial charge is 0.483 e. The van der Waals surface area contributed by atoms with Crippen molar-refractivity contribution in [1.29, 1.82) is 0 Å². The van der Waals surface area contributed by atoms with Crippen LogP contribution in [0.1, 0.15) is 24.2 Å². The molecule has 4 rings (SSSR count). The predicted octanol–water partition coefficient (Wildman–Crippen LogP) is 2.96. The average Bonchev–Trinajstić information content (AvgIpc) is 3.38. The maximum absolute atomic E-state index is 8.36. The number of hydrogen-bond donors (Lipinski definition) is 1. The van der Waals surface area contributed by atoms with Crippen LogP contribution in [0, 0.1) is 0 Å². The second-order valence-electron chi connectivity index (χ2n) is 6.79. The molecular formula is C21H24N6O2. The zero-order valence-electron chi connectivity index (χ0n) is 16.7. The molecule has 0 aliphatic carbocycles. The first-order valence-corrected chi connectivity index (χ1v) is 9.18. The van der Waals surface area contributed by atoms with Crippen LogP contribution in [0.15, 0.2) is 61.2 Å². The molecule has 29 heavy (non-hydrogen) atoms. The Balaban J connectivity index is 0.000000755. The molecule has 0 radical (unpaired) electrons. The van der Waals surface area contributed by atoms with E-state index in [9.17, 15) is 0 Å². The van der Waals surface area contributed by atoms with Gasteiger partial charge in [-0.05, 0) is 38.7 Å². The number of carbonyl (C=O) groups is 1. The maximum Gasteiger partial charge on any atom is 0.290 e. The van der Waals surface area contributed by atoms with E-state index in [1.807, 2.05) is 29.0 Å². The quantitative estimate of drug-likeness (QED) is 0.525. The summed E-state index contributed by atoms with van der Waals surface area (Å²) in [5.74, 6) is 0.950. The summed E-state index contributed by atoms with van der Waals surface area (Å²) < 4.78 is 4.01. The van der Waals surface area contributed by atoms with Crippen molar-refractivity contribution in [3.8, 4) is 11.4 Å². The standard InChI is InChI=1S/C20H22N6.CH2O2/c1-15(24(2)3)16-7-9-17(10-8-16)20-21-11-12-25(20)13-18-5-4-6-19-22-14-23-26(18)19;2-1-3/h4-12,14-15H,13H2,1-3H3;1H,(H,2,3). The van der Waals surface area contributed by atoms with Crippen LogP contribution < -0.4 is 0 Å². The van der Waals surface area contributed by atoms with Crippen molar-refractivity contribution in [3.05, 3.63) is 72.4 Å². The Morgan fingerprint density at radius 2 is 1.86 bits per heavy atom. The first-order chi connectivity index (χ1) is 14.0. The van der Waals surface area contributed by atoms with Crippen LogP contribution in [0.2, 0.25) is 0 Å². The number of rotatable bonds is 5. The van der Waals surface area contributed by atoms with Gasteiger partial charge in [0.15, 0.2) is 5.65 Å². The highest BCUT2D eigenvalue weighted by Gasteiger charge is 2.11. The molecule has 4 aromatic rings. The van der Waals surface area contributed by atoms with Crippen molar-refractivity contribution >= 4 is 12.1 Å². The number of imidazole rings is 1. The molecule has 8 nitrogen and oxygen atoms in total. The van der Waals surface area contributed by atoms with Crippen LogP contribution >= 0.6 is 0 Å². The number of carboxylic acid groups (broad SMARTS) is 1. The van der Waals surface area contributed by atoms with Gasteiger partial charge in [0.05, 0.1) is 12.2 Å². The Morgan fingerprint density at radius 3 is 2.55 bits per heavy atom. The first-order valence-electron chi connectivity index (χ1n) is 9.18. The van der Waals surface area contributed by atoms with Gasteiger partial charge < -0.3 is 14.6 Å². The Hall–Kier alpha value is -3.52. The normalized spacial score (nSPS) is 11.9. The average molecular weight is 392 g/mol. The number of pyridine rings is 1. The minimum atomic E-state index is -0.250. The van der Waals surface area contributed by atoms with Crippen molar-refractivity contribution in [1.82, 2.24) is 29.0 Å². The van der Waals surface area contributed by atoms with Crippen molar-refractivity contribution in [2.24, 2.45) is 0 Å². The number of fused-ring (bicyclic) bond motifs is 1. The van der Waals surface area contributed by atoms with Crippen LogP contribution in [0.5, 0.6) is 0 Å². The Morgan fingerprint density at radius 1 is 1.14 bits per heavy atom. The van der Waals surface area contributed by atoms with E-state index in [0.29, 0.717) is 12.6 Å². The van der Waals surface area contributed by atoms with Crippen molar-refractivity contribution in [2.45, 2.75) is 19.5 Å². The fraction of sp³-hybridized carbons (Fsp3) is 0.238. The summed E-state index contributed by atoms with van der Waals surface area (Å²) in [6, 6.07) is 15.0. The lowest BCUT2D eigenvalue weighted by Gasteiger charge is -2.20. The lowest BCUT2D eigenvalue weighted by molar-refractivity contribution is -0.122. The number of benzene rings is 1. The molecule has 3 aromatic heterocycles. The number of hydrogen-bond acceptors (Lipinski definition) is 5. The second kappa shape index (κ2) is 9.11. The molecule has 0 aliphatic rings. The van der Waals surface area contributed by atoms with E-state index >= 15 is 0 Å². The van der Waals surface area contributed by atoms with E-state index in [0.717, 1.165) is 22.7 Å². The molecule has 8 heteroatoms. The van der Waals surface area contributed by atoms with E-state index < -0.39 is 0 Å². The van der Waals surface area contributed by atoms with E-state index in [4.69, 9.17) is 9.90 Å². The van der Waals surface area contributed by atoms with Gasteiger partial charge >= 0.3 is 0 Å². The highest BCUT2D eigenvalue weighted by atomic mass is 16.3. The predicted molar refractivity (Wildman–Crippen MR) is 111 cm³/mol. The van der Waals surface area contributed by atoms with Crippen LogP contribution in [0.3, 0.4) is 0 Å². The van der Waals surface area contributed by atoms with Crippen molar-refractivity contribution in [3.63, 3.8) is 0 Å². The smallest absolute Gasteiger partial charge is 0.290 e. The topological polar surface area (TPSA) is 88.6 Å². The molecule has 1 N–H and O–H groups in total. The third kappa shape index (κ3) is 4.49. The fourth-order valence-electron chi connectivity index (χ4n) is 3.10. The Labute approximate surface area is 169 Å². The highest BCUT2D eigenvalue weighted by Crippen LogP contribution is 2.23. The molecular weight excluding hydrogens is 368 g/mol. The minimum absolute atomic E-state index is 0.250. The minimum Gasteiger partial charge on any atom is -0.483 e. The first kappa shape index (κ1) is 20.2. The SMILES string of the molecule is CC(c1ccc(-c2nccn2Cc2cccc3ncnn23)cc1)N(C)C.O=CO. The highest BCUT2D eigenvalue weighted by molar-refractivity contribution is 5.56. The molecule has 0 fully saturated rings. The molecule has 150 valence electrons. The van der Waals surface area contributed by atoms with Crippen molar-refractivity contribution in [2.75, 3.05) is 14.1 Å². The molecule has 0 spiro atoms. The summed E-state index contributed by atoms with van der Waals surface area (Å²) in [5.41, 5.74) is 4.32. The van der Waals surface area contributed by atoms with Gasteiger partial charge in [-0.1, -0.05) is 30.3 Å². The Bertz CT molecular complexity index is 1070. The molecule has 1 unspecified atom stereocenters. The van der Waals surface area contributed by atoms with Gasteiger partial charge in [0, 0.05) is 24.0 Å². The third-order valence-corrected chi connectivity index (χ3v) is 4.85. The summed E-state index contributed by atoms with van der Waals surface area (Å²) in [6.45, 7) is 2.64. The molecule has 1 atom stereocenters. The van der Waals surface area contributed by atoms with Gasteiger partial charge in [0.2, 0.25) is 0 Å². The maximum atomic E-state index is 8.36. The van der Waals surface area contributed by atoms with Crippen LogP contribution in [0.4, 0.5) is 0 Å². The van der Waals surface area contributed by atoms with E-state index in [1.54, 1.807) is 6.33 Å². The number of aromatic nitrogens is 5. The monoisotopic (exact) mass is 392 g/mol. The summed E-state index contributed by atoms with van der Waals surface area (Å²) in [6.07, 6.45) is 5.42. The molecule has 0 saturated heterocycles. The molecule has 0 bridgehead atoms. The van der Waals surface area contributed by atoms with Gasteiger partial charge in [-0.25, -0.2) is 14.5 Å². The molecule has 0 saturated carbocycles. The van der Waals surface area contributed by atoms with Gasteiger partial charge in [0.25, 0.3) is 6.47 Å². The van der Waals surface area contributed by atoms with Crippen LogP contribution in [-0.4, -0.2) is 54.7 Å². The summed E-state index contributed by atoms with van der Waals surface area (Å²) in [4.78, 5) is 19.4. The van der Waals surface area contributed by atoms with Crippen LogP contribution in [0.25, 0.3) is 17.0 Å². The van der Waals surface area contributed by atoms with Gasteiger partial charge in [-0.15, -0.1) is 0 Å². The zero-order chi connectivity index (χ0) is 20.8. The molecule has 0 aliphatic heterocycles. The fourth-order valence-corrected chi connectivity index (χ4v) is 3.10. The summed E-state index contributed by atoms with van der Waals surface area (Å²) >= 11 is 0. The van der Waals surface area contributed by atoms with Gasteiger partial charge in [-0.2, -0.15) is 5.10 Å². The number of nitrogens with zero attached hydrogens (tertiary/aromatic N) is 6. The Kier molecular flexibility index (Phi) is 6.36. The summed E-state index contributed by atoms with van der Waals surface area (Å²) in [7, 11) is 4.19. The van der Waals surface area contributed by atoms with Crippen LogP contribution in [-0.2, 0) is 11.3 Å². The molecule has 0 amide bonds. The summed E-state index contributed by atoms with van der Waals surface area (Å²) in [5, 5.41) is 11.2. The van der Waals surface area contributed by atoms with Gasteiger partial charge in [0.1, 0.15) is 12.2 Å². The van der Waals surface area contributed by atoms with Gasteiger partial charge in [-0.3, -0.25) is 4.79 Å². The molecule has 3 heterocycles. The van der Waals surface area contributed by atoms with Crippen molar-refractivity contribution < 1.29 is 9.90 Å². The van der Waals surface area contributed by atoms with E-state index in [-0.39, 0.29) is 6.47 Å². The molecule has 1 aromatic carbocycles. The third-order valence-electron chi connectivity index (χ3n) is 4.85. The zero-order valence-corrected chi connectivity index (χ0v) is 16.7. The van der Waals surface area contributed by atoms with E-state index in [2.05, 4.69) is 75.9 Å². The lowest BCUT2D eigenvalue weighted by Crippen LogP contribution is -2.16. The lowest BCUT2D eigenvalue weighted by atomic mass is 10.1.